The summed E-state index contributed by atoms with van der Waals surface area (Å²) < 4.78 is 56.6. The molecule has 0 aromatic heterocycles. The van der Waals surface area contributed by atoms with Crippen molar-refractivity contribution >= 4 is 33.0 Å². The van der Waals surface area contributed by atoms with Crippen LogP contribution in [0.25, 0.3) is 0 Å². The fourth-order valence-electron chi connectivity index (χ4n) is 6.33. The van der Waals surface area contributed by atoms with Crippen molar-refractivity contribution in [3.63, 3.8) is 0 Å². The number of anilines is 3. The highest BCUT2D eigenvalue weighted by molar-refractivity contribution is 7.89. The van der Waals surface area contributed by atoms with E-state index < -0.39 is 15.9 Å². The summed E-state index contributed by atoms with van der Waals surface area (Å²) in [5, 5.41) is 2.85. The van der Waals surface area contributed by atoms with Gasteiger partial charge in [0.1, 0.15) is 10.7 Å². The van der Waals surface area contributed by atoms with Crippen molar-refractivity contribution in [3.8, 4) is 11.5 Å². The third-order valence-corrected chi connectivity index (χ3v) is 10.1. The molecule has 7 rings (SSSR count). The van der Waals surface area contributed by atoms with E-state index in [1.165, 1.54) is 12.1 Å². The van der Waals surface area contributed by atoms with Gasteiger partial charge in [-0.15, -0.1) is 0 Å². The molecule has 2 heterocycles. The Labute approximate surface area is 261 Å². The Hall–Kier alpha value is -4.61. The summed E-state index contributed by atoms with van der Waals surface area (Å²) in [4.78, 5) is 17.2. The summed E-state index contributed by atoms with van der Waals surface area (Å²) in [6.45, 7) is 2.12. The average Bonchev–Trinajstić information content (AvgIpc) is 3.53. The Bertz CT molecular complexity index is 1860. The van der Waals surface area contributed by atoms with E-state index in [9.17, 15) is 17.6 Å². The van der Waals surface area contributed by atoms with Crippen LogP contribution in [0.5, 0.6) is 11.5 Å². The number of hydrogen-bond donors (Lipinski definition) is 2. The van der Waals surface area contributed by atoms with E-state index in [2.05, 4.69) is 10.0 Å². The van der Waals surface area contributed by atoms with Crippen LogP contribution in [0, 0.1) is 5.82 Å². The van der Waals surface area contributed by atoms with Gasteiger partial charge in [-0.25, -0.2) is 17.5 Å². The number of sulfonamides is 1. The summed E-state index contributed by atoms with van der Waals surface area (Å²) in [6, 6.07) is 24.1. The number of ether oxygens (including phenoxy) is 2. The molecular formula is C34H33FN4O5S. The Morgan fingerprint density at radius 2 is 1.56 bits per heavy atom. The van der Waals surface area contributed by atoms with Gasteiger partial charge in [0.05, 0.1) is 11.4 Å². The van der Waals surface area contributed by atoms with Crippen LogP contribution in [-0.4, -0.2) is 47.3 Å². The molecule has 9 nitrogen and oxygen atoms in total. The van der Waals surface area contributed by atoms with Gasteiger partial charge in [0.2, 0.25) is 16.8 Å². The summed E-state index contributed by atoms with van der Waals surface area (Å²) in [6.07, 6.45) is 2.47. The maximum atomic E-state index is 14.5. The molecule has 2 aliphatic heterocycles. The molecule has 0 unspecified atom stereocenters. The van der Waals surface area contributed by atoms with Crippen LogP contribution in [0.15, 0.2) is 89.8 Å². The lowest BCUT2D eigenvalue weighted by molar-refractivity contribution is 0.102. The van der Waals surface area contributed by atoms with Crippen molar-refractivity contribution in [2.75, 3.05) is 48.1 Å². The predicted molar refractivity (Wildman–Crippen MR) is 170 cm³/mol. The highest BCUT2D eigenvalue weighted by Gasteiger charge is 2.30. The number of carbonyl (C=O) groups is 1. The van der Waals surface area contributed by atoms with Crippen molar-refractivity contribution in [1.29, 1.82) is 0 Å². The monoisotopic (exact) mass is 628 g/mol. The number of halogens is 1. The van der Waals surface area contributed by atoms with Gasteiger partial charge in [0.25, 0.3) is 5.91 Å². The number of rotatable bonds is 7. The van der Waals surface area contributed by atoms with Crippen molar-refractivity contribution in [2.45, 2.75) is 30.2 Å². The minimum atomic E-state index is -4.04. The molecule has 11 heteroatoms. The minimum absolute atomic E-state index is 0.0772. The van der Waals surface area contributed by atoms with Gasteiger partial charge < -0.3 is 24.6 Å². The molecule has 1 aliphatic carbocycles. The van der Waals surface area contributed by atoms with E-state index in [0.29, 0.717) is 66.7 Å². The number of amides is 1. The molecule has 1 atom stereocenters. The smallest absolute Gasteiger partial charge is 0.255 e. The SMILES string of the molecule is O=C(Nc1ccc(N2CCN(c3ccccc3F)CC2)c(S(=O)(=O)N[C@H]2CCCc3ccccc32)c1)c1ccc2c(c1)OCO2. The lowest BCUT2D eigenvalue weighted by atomic mass is 9.88. The number of fused-ring (bicyclic) bond motifs is 2. The molecule has 3 aliphatic rings. The number of piperazine rings is 1. The summed E-state index contributed by atoms with van der Waals surface area (Å²) >= 11 is 0. The molecule has 2 N–H and O–H groups in total. The highest BCUT2D eigenvalue weighted by atomic mass is 32.2. The van der Waals surface area contributed by atoms with Crippen molar-refractivity contribution in [1.82, 2.24) is 4.72 Å². The fourth-order valence-corrected chi connectivity index (χ4v) is 7.83. The van der Waals surface area contributed by atoms with Crippen LogP contribution in [0.2, 0.25) is 0 Å². The normalized spacial score (nSPS) is 17.6. The first-order valence-electron chi connectivity index (χ1n) is 15.1. The van der Waals surface area contributed by atoms with Crippen molar-refractivity contribution in [2.24, 2.45) is 0 Å². The lowest BCUT2D eigenvalue weighted by Gasteiger charge is -2.38. The highest BCUT2D eigenvalue weighted by Crippen LogP contribution is 2.36. The third kappa shape index (κ3) is 5.93. The largest absolute Gasteiger partial charge is 0.454 e. The molecule has 1 saturated heterocycles. The van der Waals surface area contributed by atoms with Gasteiger partial charge in [0.15, 0.2) is 11.5 Å². The second-order valence-corrected chi connectivity index (χ2v) is 13.1. The van der Waals surface area contributed by atoms with Gasteiger partial charge in [-0.1, -0.05) is 36.4 Å². The number of carbonyl (C=O) groups excluding carboxylic acids is 1. The molecule has 1 fully saturated rings. The molecule has 1 amide bonds. The van der Waals surface area contributed by atoms with Crippen LogP contribution in [-0.2, 0) is 16.4 Å². The summed E-state index contributed by atoms with van der Waals surface area (Å²) in [5.41, 5.74) is 3.89. The zero-order chi connectivity index (χ0) is 31.0. The number of para-hydroxylation sites is 1. The first-order valence-corrected chi connectivity index (χ1v) is 16.5. The predicted octanol–water partition coefficient (Wildman–Crippen LogP) is 5.49. The zero-order valence-electron chi connectivity index (χ0n) is 24.5. The number of hydrogen-bond acceptors (Lipinski definition) is 7. The van der Waals surface area contributed by atoms with E-state index in [4.69, 9.17) is 9.47 Å². The first kappa shape index (κ1) is 29.1. The van der Waals surface area contributed by atoms with Crippen molar-refractivity contribution < 1.29 is 27.1 Å². The van der Waals surface area contributed by atoms with Crippen LogP contribution in [0.3, 0.4) is 0 Å². The van der Waals surface area contributed by atoms with Crippen LogP contribution >= 0.6 is 0 Å². The Balaban J connectivity index is 1.18. The minimum Gasteiger partial charge on any atom is -0.454 e. The fraction of sp³-hybridized carbons (Fsp3) is 0.265. The Morgan fingerprint density at radius 1 is 0.822 bits per heavy atom. The van der Waals surface area contributed by atoms with E-state index in [-0.39, 0.29) is 23.5 Å². The van der Waals surface area contributed by atoms with Crippen LogP contribution in [0.4, 0.5) is 21.5 Å². The van der Waals surface area contributed by atoms with Gasteiger partial charge in [0, 0.05) is 43.5 Å². The molecule has 4 aromatic carbocycles. The number of benzene rings is 4. The standard InChI is InChI=1S/C34H33FN4O5S/c35-27-9-3-4-11-29(27)38-16-18-39(19-17-38)30-14-13-25(36-34(40)24-12-15-31-32(20-24)44-22-43-31)21-33(30)45(41,42)37-28-10-5-7-23-6-1-2-8-26(23)28/h1-4,6,8-9,11-15,20-21,28,37H,5,7,10,16-19,22H2,(H,36,40)/t28-/m0/s1. The van der Waals surface area contributed by atoms with Crippen molar-refractivity contribution in [3.05, 3.63) is 107 Å². The third-order valence-electron chi connectivity index (χ3n) is 8.62. The molecule has 45 heavy (non-hydrogen) atoms. The number of nitrogens with zero attached hydrogens (tertiary/aromatic N) is 2. The van der Waals surface area contributed by atoms with E-state index >= 15 is 0 Å². The lowest BCUT2D eigenvalue weighted by Crippen LogP contribution is -2.47. The van der Waals surface area contributed by atoms with E-state index in [1.54, 1.807) is 48.5 Å². The maximum absolute atomic E-state index is 14.5. The maximum Gasteiger partial charge on any atom is 0.255 e. The van der Waals surface area contributed by atoms with Gasteiger partial charge in [-0.3, -0.25) is 4.79 Å². The van der Waals surface area contributed by atoms with E-state index in [0.717, 1.165) is 24.0 Å². The van der Waals surface area contributed by atoms with Gasteiger partial charge >= 0.3 is 0 Å². The quantitative estimate of drug-likeness (QED) is 0.279. The van der Waals surface area contributed by atoms with Gasteiger partial charge in [-0.2, -0.15) is 0 Å². The molecule has 232 valence electrons. The summed E-state index contributed by atoms with van der Waals surface area (Å²) in [5.74, 6) is 0.355. The van der Waals surface area contributed by atoms with Gasteiger partial charge in [-0.05, 0) is 78.9 Å². The molecular weight excluding hydrogens is 595 g/mol. The summed E-state index contributed by atoms with van der Waals surface area (Å²) in [7, 11) is -4.04. The molecule has 0 spiro atoms. The second-order valence-electron chi connectivity index (χ2n) is 11.4. The van der Waals surface area contributed by atoms with Crippen LogP contribution < -0.4 is 29.3 Å². The molecule has 4 aromatic rings. The number of aryl methyl sites for hydroxylation is 1. The molecule has 0 radical (unpaired) electrons. The Kier molecular flexibility index (Phi) is 7.80. The van der Waals surface area contributed by atoms with E-state index in [1.807, 2.05) is 34.1 Å². The first-order chi connectivity index (χ1) is 21.9. The average molecular weight is 629 g/mol. The molecule has 0 saturated carbocycles. The number of nitrogens with one attached hydrogen (secondary N) is 2. The molecule has 0 bridgehead atoms. The zero-order valence-corrected chi connectivity index (χ0v) is 25.4. The van der Waals surface area contributed by atoms with Crippen LogP contribution in [0.1, 0.15) is 40.4 Å². The Morgan fingerprint density at radius 3 is 2.38 bits per heavy atom. The topological polar surface area (TPSA) is 100 Å². The second kappa shape index (κ2) is 12.1.